The van der Waals surface area contributed by atoms with Gasteiger partial charge in [-0.05, 0) is 38.5 Å². The van der Waals surface area contributed by atoms with Gasteiger partial charge in [-0.15, -0.1) is 11.3 Å². The highest BCUT2D eigenvalue weighted by molar-refractivity contribution is 7.11. The van der Waals surface area contributed by atoms with Gasteiger partial charge in [0.15, 0.2) is 5.96 Å². The molecule has 142 valence electrons. The number of ether oxygens (including phenoxy) is 2. The highest BCUT2D eigenvalue weighted by Crippen LogP contribution is 2.16. The Labute approximate surface area is 159 Å². The van der Waals surface area contributed by atoms with Gasteiger partial charge >= 0.3 is 0 Å². The number of nitrogens with zero attached hydrogens (tertiary/aromatic N) is 2. The monoisotopic (exact) mass is 376 g/mol. The number of guanidine groups is 1. The molecular weight excluding hydrogens is 348 g/mol. The van der Waals surface area contributed by atoms with E-state index in [2.05, 4.69) is 34.5 Å². The average Bonchev–Trinajstić information content (AvgIpc) is 2.96. The smallest absolute Gasteiger partial charge is 0.191 e. The van der Waals surface area contributed by atoms with Crippen molar-refractivity contribution < 1.29 is 9.47 Å². The average molecular weight is 377 g/mol. The summed E-state index contributed by atoms with van der Waals surface area (Å²) in [7, 11) is 1.66. The summed E-state index contributed by atoms with van der Waals surface area (Å²) in [6.07, 6.45) is 0. The first-order valence-electron chi connectivity index (χ1n) is 8.78. The Hall–Kier alpha value is -2.12. The molecule has 0 spiro atoms. The first kappa shape index (κ1) is 20.2. The van der Waals surface area contributed by atoms with Crippen LogP contribution in [0.3, 0.4) is 0 Å². The van der Waals surface area contributed by atoms with Crippen LogP contribution in [-0.2, 0) is 17.8 Å². The second-order valence-electron chi connectivity index (χ2n) is 5.78. The molecule has 1 heterocycles. The fourth-order valence-corrected chi connectivity index (χ4v) is 3.09. The molecule has 1 aromatic heterocycles. The van der Waals surface area contributed by atoms with Crippen LogP contribution in [0, 0.1) is 13.8 Å². The minimum Gasteiger partial charge on any atom is -0.491 e. The third kappa shape index (κ3) is 6.65. The Kier molecular flexibility index (Phi) is 8.37. The maximum atomic E-state index is 5.57. The number of benzene rings is 1. The lowest BCUT2D eigenvalue weighted by Crippen LogP contribution is -2.36. The quantitative estimate of drug-likeness (QED) is 0.400. The predicted molar refractivity (Wildman–Crippen MR) is 107 cm³/mol. The van der Waals surface area contributed by atoms with Crippen molar-refractivity contribution in [1.29, 1.82) is 0 Å². The zero-order chi connectivity index (χ0) is 18.8. The Morgan fingerprint density at radius 3 is 2.54 bits per heavy atom. The van der Waals surface area contributed by atoms with Crippen molar-refractivity contribution in [3.63, 3.8) is 0 Å². The number of aliphatic imine (C=N–C) groups is 1. The first-order valence-corrected chi connectivity index (χ1v) is 9.59. The molecule has 2 aromatic rings. The molecule has 2 rings (SSSR count). The van der Waals surface area contributed by atoms with E-state index in [1.165, 1.54) is 4.88 Å². The molecule has 0 fully saturated rings. The normalized spacial score (nSPS) is 11.5. The van der Waals surface area contributed by atoms with Crippen LogP contribution in [0.15, 0.2) is 29.3 Å². The van der Waals surface area contributed by atoms with Crippen LogP contribution in [0.2, 0.25) is 0 Å². The molecule has 0 saturated heterocycles. The molecule has 6 nitrogen and oxygen atoms in total. The number of methoxy groups -OCH3 is 1. The predicted octanol–water partition coefficient (Wildman–Crippen LogP) is 3.04. The van der Waals surface area contributed by atoms with Gasteiger partial charge in [-0.2, -0.15) is 0 Å². The van der Waals surface area contributed by atoms with Crippen molar-refractivity contribution in [1.82, 2.24) is 15.6 Å². The van der Waals surface area contributed by atoms with Crippen molar-refractivity contribution >= 4 is 17.3 Å². The Bertz CT molecular complexity index is 679. The molecule has 0 atom stereocenters. The van der Waals surface area contributed by atoms with Crippen LogP contribution in [0.4, 0.5) is 0 Å². The fourth-order valence-electron chi connectivity index (χ4n) is 2.22. The Balaban J connectivity index is 1.89. The van der Waals surface area contributed by atoms with Gasteiger partial charge in [0, 0.05) is 18.5 Å². The van der Waals surface area contributed by atoms with E-state index >= 15 is 0 Å². The highest BCUT2D eigenvalue weighted by atomic mass is 32.1. The van der Waals surface area contributed by atoms with Crippen LogP contribution < -0.4 is 15.4 Å². The Morgan fingerprint density at radius 1 is 1.15 bits per heavy atom. The van der Waals surface area contributed by atoms with E-state index in [1.54, 1.807) is 18.4 Å². The molecule has 26 heavy (non-hydrogen) atoms. The first-order chi connectivity index (χ1) is 12.6. The molecule has 0 unspecified atom stereocenters. The summed E-state index contributed by atoms with van der Waals surface area (Å²) in [4.78, 5) is 10.5. The summed E-state index contributed by atoms with van der Waals surface area (Å²) >= 11 is 1.72. The number of nitrogens with one attached hydrogen (secondary N) is 2. The lowest BCUT2D eigenvalue weighted by molar-refractivity contribution is 0.146. The lowest BCUT2D eigenvalue weighted by atomic mass is 10.2. The number of thiazole rings is 1. The van der Waals surface area contributed by atoms with Crippen LogP contribution >= 0.6 is 11.3 Å². The lowest BCUT2D eigenvalue weighted by Gasteiger charge is -2.10. The number of hydrogen-bond acceptors (Lipinski definition) is 5. The van der Waals surface area contributed by atoms with Crippen molar-refractivity contribution in [3.05, 3.63) is 45.4 Å². The number of hydrogen-bond donors (Lipinski definition) is 2. The number of aryl methyl sites for hydroxylation is 2. The number of rotatable bonds is 9. The molecule has 0 bridgehead atoms. The molecule has 0 aliphatic rings. The summed E-state index contributed by atoms with van der Waals surface area (Å²) in [5, 5.41) is 7.68. The summed E-state index contributed by atoms with van der Waals surface area (Å²) in [5.74, 6) is 1.63. The van der Waals surface area contributed by atoms with Gasteiger partial charge in [-0.25, -0.2) is 9.98 Å². The maximum Gasteiger partial charge on any atom is 0.191 e. The summed E-state index contributed by atoms with van der Waals surface area (Å²) in [6.45, 7) is 9.42. The number of aromatic nitrogens is 1. The zero-order valence-corrected chi connectivity index (χ0v) is 16.8. The molecule has 2 N–H and O–H groups in total. The minimum absolute atomic E-state index is 0.554. The van der Waals surface area contributed by atoms with Gasteiger partial charge < -0.3 is 20.1 Å². The maximum absolute atomic E-state index is 5.57. The summed E-state index contributed by atoms with van der Waals surface area (Å²) in [6, 6.07) is 7.98. The van der Waals surface area contributed by atoms with E-state index in [0.717, 1.165) is 34.5 Å². The molecule has 0 aliphatic heterocycles. The third-order valence-electron chi connectivity index (χ3n) is 3.72. The van der Waals surface area contributed by atoms with Crippen molar-refractivity contribution in [3.8, 4) is 5.75 Å². The standard InChI is InChI=1S/C19H28N4O2S/c1-5-20-19(22-13-18-23-14(2)15(3)26-18)21-12-16-6-8-17(9-7-16)25-11-10-24-4/h6-9H,5,10-13H2,1-4H3,(H2,20,21,22). The van der Waals surface area contributed by atoms with Gasteiger partial charge in [-0.3, -0.25) is 0 Å². The molecule has 0 aliphatic carbocycles. The van der Waals surface area contributed by atoms with E-state index in [9.17, 15) is 0 Å². The van der Waals surface area contributed by atoms with Gasteiger partial charge in [0.05, 0.1) is 25.4 Å². The second kappa shape index (κ2) is 10.8. The van der Waals surface area contributed by atoms with E-state index in [-0.39, 0.29) is 0 Å². The van der Waals surface area contributed by atoms with Gasteiger partial charge in [0.25, 0.3) is 0 Å². The second-order valence-corrected chi connectivity index (χ2v) is 7.07. The van der Waals surface area contributed by atoms with Crippen LogP contribution in [0.5, 0.6) is 5.75 Å². The van der Waals surface area contributed by atoms with Crippen molar-refractivity contribution in [2.24, 2.45) is 4.99 Å². The Morgan fingerprint density at radius 2 is 1.92 bits per heavy atom. The fraction of sp³-hybridized carbons (Fsp3) is 0.474. The topological polar surface area (TPSA) is 67.8 Å². The van der Waals surface area contributed by atoms with E-state index in [1.807, 2.05) is 31.2 Å². The molecular formula is C19H28N4O2S. The minimum atomic E-state index is 0.554. The molecule has 7 heteroatoms. The van der Waals surface area contributed by atoms with E-state index in [0.29, 0.717) is 26.3 Å². The largest absolute Gasteiger partial charge is 0.491 e. The van der Waals surface area contributed by atoms with Crippen molar-refractivity contribution in [2.75, 3.05) is 26.9 Å². The molecule has 0 amide bonds. The third-order valence-corrected chi connectivity index (χ3v) is 4.80. The van der Waals surface area contributed by atoms with E-state index < -0.39 is 0 Å². The van der Waals surface area contributed by atoms with Gasteiger partial charge in [0.1, 0.15) is 17.4 Å². The molecule has 0 saturated carbocycles. The molecule has 0 radical (unpaired) electrons. The summed E-state index contributed by atoms with van der Waals surface area (Å²) in [5.41, 5.74) is 2.23. The van der Waals surface area contributed by atoms with E-state index in [4.69, 9.17) is 9.47 Å². The SMILES string of the molecule is CCNC(=NCc1ccc(OCCOC)cc1)NCc1nc(C)c(C)s1. The van der Waals surface area contributed by atoms with Crippen LogP contribution in [0.25, 0.3) is 0 Å². The van der Waals surface area contributed by atoms with Crippen molar-refractivity contribution in [2.45, 2.75) is 33.9 Å². The van der Waals surface area contributed by atoms with Gasteiger partial charge in [-0.1, -0.05) is 12.1 Å². The zero-order valence-electron chi connectivity index (χ0n) is 16.0. The summed E-state index contributed by atoms with van der Waals surface area (Å²) < 4.78 is 10.6. The molecule has 1 aromatic carbocycles. The van der Waals surface area contributed by atoms with Gasteiger partial charge in [0.2, 0.25) is 0 Å². The highest BCUT2D eigenvalue weighted by Gasteiger charge is 2.05. The van der Waals surface area contributed by atoms with Crippen LogP contribution in [0.1, 0.15) is 28.1 Å². The van der Waals surface area contributed by atoms with Crippen LogP contribution in [-0.4, -0.2) is 37.8 Å².